The van der Waals surface area contributed by atoms with Gasteiger partial charge in [0.1, 0.15) is 11.8 Å². The number of ether oxygens (including phenoxy) is 1. The summed E-state index contributed by atoms with van der Waals surface area (Å²) >= 11 is 2.22. The third-order valence-corrected chi connectivity index (χ3v) is 5.86. The number of halogens is 1. The molecule has 0 heterocycles. The van der Waals surface area contributed by atoms with Gasteiger partial charge in [0.2, 0.25) is 5.91 Å². The molecule has 0 saturated carbocycles. The van der Waals surface area contributed by atoms with Crippen molar-refractivity contribution in [2.24, 2.45) is 0 Å². The lowest BCUT2D eigenvalue weighted by Crippen LogP contribution is -2.55. The molecule has 5 nitrogen and oxygen atoms in total. The van der Waals surface area contributed by atoms with Crippen molar-refractivity contribution in [3.05, 3.63) is 99.6 Å². The van der Waals surface area contributed by atoms with E-state index >= 15 is 0 Å². The number of nitrogens with one attached hydrogen (secondary N) is 1. The molecule has 3 aromatic rings. The standard InChI is InChI=1S/C28H31IN2O3/c1-28(2,3)30-27(33)25(18-21-10-6-4-7-11-21)31(19-22-12-8-5-9-13-22)26(32)20-34-24-16-14-23(29)15-17-24/h4-17,25H,18-20H2,1-3H3,(H,30,33)/t25-/m1/s1. The third-order valence-electron chi connectivity index (χ3n) is 5.14. The van der Waals surface area contributed by atoms with E-state index < -0.39 is 11.6 Å². The average molecular weight is 570 g/mol. The number of carbonyl (C=O) groups is 2. The van der Waals surface area contributed by atoms with Gasteiger partial charge in [0.05, 0.1) is 0 Å². The number of hydrogen-bond acceptors (Lipinski definition) is 3. The molecule has 178 valence electrons. The van der Waals surface area contributed by atoms with Crippen LogP contribution < -0.4 is 10.1 Å². The van der Waals surface area contributed by atoms with E-state index in [4.69, 9.17) is 4.74 Å². The predicted molar refractivity (Wildman–Crippen MR) is 143 cm³/mol. The number of rotatable bonds is 9. The Morgan fingerprint density at radius 3 is 2.00 bits per heavy atom. The molecule has 0 unspecified atom stereocenters. The van der Waals surface area contributed by atoms with Crippen LogP contribution >= 0.6 is 22.6 Å². The second-order valence-electron chi connectivity index (χ2n) is 9.19. The van der Waals surface area contributed by atoms with Gasteiger partial charge in [-0.15, -0.1) is 0 Å². The number of hydrogen-bond donors (Lipinski definition) is 1. The number of nitrogens with zero attached hydrogens (tertiary/aromatic N) is 1. The summed E-state index contributed by atoms with van der Waals surface area (Å²) in [5.41, 5.74) is 1.51. The van der Waals surface area contributed by atoms with Crippen LogP contribution in [0, 0.1) is 3.57 Å². The fraction of sp³-hybridized carbons (Fsp3) is 0.286. The average Bonchev–Trinajstić information content (AvgIpc) is 2.81. The maximum atomic E-state index is 13.5. The van der Waals surface area contributed by atoms with Gasteiger partial charge >= 0.3 is 0 Å². The molecule has 3 aromatic carbocycles. The minimum atomic E-state index is -0.686. The first-order valence-electron chi connectivity index (χ1n) is 11.3. The van der Waals surface area contributed by atoms with Gasteiger partial charge < -0.3 is 15.0 Å². The smallest absolute Gasteiger partial charge is 0.261 e. The van der Waals surface area contributed by atoms with Crippen LogP contribution in [0.3, 0.4) is 0 Å². The van der Waals surface area contributed by atoms with Crippen molar-refractivity contribution < 1.29 is 14.3 Å². The van der Waals surface area contributed by atoms with Gasteiger partial charge in [-0.05, 0) is 78.8 Å². The van der Waals surface area contributed by atoms with Gasteiger partial charge in [0.15, 0.2) is 6.61 Å². The molecule has 2 amide bonds. The maximum absolute atomic E-state index is 13.5. The molecule has 1 N–H and O–H groups in total. The summed E-state index contributed by atoms with van der Waals surface area (Å²) in [6, 6.07) is 26.3. The summed E-state index contributed by atoms with van der Waals surface area (Å²) in [5.74, 6) is 0.189. The summed E-state index contributed by atoms with van der Waals surface area (Å²) in [6.45, 7) is 5.97. The van der Waals surface area contributed by atoms with Crippen LogP contribution in [0.4, 0.5) is 0 Å². The van der Waals surface area contributed by atoms with Crippen molar-refractivity contribution in [2.45, 2.75) is 45.3 Å². The first kappa shape index (κ1) is 25.7. The summed E-state index contributed by atoms with van der Waals surface area (Å²) in [7, 11) is 0. The Bertz CT molecular complexity index is 1060. The second kappa shape index (κ2) is 12.0. The van der Waals surface area contributed by atoms with E-state index in [0.29, 0.717) is 18.7 Å². The van der Waals surface area contributed by atoms with Crippen molar-refractivity contribution in [2.75, 3.05) is 6.61 Å². The lowest BCUT2D eigenvalue weighted by atomic mass is 10.0. The van der Waals surface area contributed by atoms with Gasteiger partial charge in [-0.2, -0.15) is 0 Å². The van der Waals surface area contributed by atoms with Crippen LogP contribution in [0.5, 0.6) is 5.75 Å². The Labute approximate surface area is 215 Å². The maximum Gasteiger partial charge on any atom is 0.261 e. The number of amides is 2. The van der Waals surface area contributed by atoms with Crippen LogP contribution in [0.25, 0.3) is 0 Å². The lowest BCUT2D eigenvalue weighted by molar-refractivity contribution is -0.143. The Hall–Kier alpha value is -2.87. The van der Waals surface area contributed by atoms with Crippen molar-refractivity contribution in [3.8, 4) is 5.75 Å². The molecular formula is C28H31IN2O3. The van der Waals surface area contributed by atoms with E-state index in [0.717, 1.165) is 14.7 Å². The quantitative estimate of drug-likeness (QED) is 0.359. The highest BCUT2D eigenvalue weighted by Gasteiger charge is 2.32. The zero-order chi connectivity index (χ0) is 24.6. The molecule has 0 aliphatic carbocycles. The van der Waals surface area contributed by atoms with Gasteiger partial charge in [-0.3, -0.25) is 9.59 Å². The molecule has 0 aliphatic rings. The summed E-state index contributed by atoms with van der Waals surface area (Å²) in [6.07, 6.45) is 0.408. The summed E-state index contributed by atoms with van der Waals surface area (Å²) in [5, 5.41) is 3.07. The van der Waals surface area contributed by atoms with E-state index in [1.165, 1.54) is 0 Å². The normalized spacial score (nSPS) is 12.0. The topological polar surface area (TPSA) is 58.6 Å². The highest BCUT2D eigenvalue weighted by molar-refractivity contribution is 14.1. The number of benzene rings is 3. The fourth-order valence-electron chi connectivity index (χ4n) is 3.55. The summed E-state index contributed by atoms with van der Waals surface area (Å²) < 4.78 is 6.88. The van der Waals surface area contributed by atoms with Gasteiger partial charge in [-0.1, -0.05) is 60.7 Å². The van der Waals surface area contributed by atoms with Crippen LogP contribution in [0.15, 0.2) is 84.9 Å². The minimum absolute atomic E-state index is 0.151. The van der Waals surface area contributed by atoms with Crippen LogP contribution in [-0.4, -0.2) is 34.9 Å². The monoisotopic (exact) mass is 570 g/mol. The zero-order valence-electron chi connectivity index (χ0n) is 19.8. The van der Waals surface area contributed by atoms with Crippen LogP contribution in [0.2, 0.25) is 0 Å². The molecule has 3 rings (SSSR count). The molecule has 0 spiro atoms. The van der Waals surface area contributed by atoms with E-state index in [2.05, 4.69) is 27.9 Å². The van der Waals surface area contributed by atoms with Crippen LogP contribution in [0.1, 0.15) is 31.9 Å². The Kier molecular flexibility index (Phi) is 9.10. The molecule has 0 radical (unpaired) electrons. The molecule has 0 aromatic heterocycles. The van der Waals surface area contributed by atoms with Crippen molar-refractivity contribution in [3.63, 3.8) is 0 Å². The number of carbonyl (C=O) groups excluding carboxylic acids is 2. The largest absolute Gasteiger partial charge is 0.484 e. The molecule has 0 bridgehead atoms. The molecule has 0 aliphatic heterocycles. The zero-order valence-corrected chi connectivity index (χ0v) is 22.0. The predicted octanol–water partition coefficient (Wildman–Crippen LogP) is 5.22. The van der Waals surface area contributed by atoms with Gasteiger partial charge in [0.25, 0.3) is 5.91 Å². The van der Waals surface area contributed by atoms with E-state index in [9.17, 15) is 9.59 Å². The molecular weight excluding hydrogens is 539 g/mol. The van der Waals surface area contributed by atoms with E-state index in [1.54, 1.807) is 4.90 Å². The second-order valence-corrected chi connectivity index (χ2v) is 10.4. The molecule has 34 heavy (non-hydrogen) atoms. The van der Waals surface area contributed by atoms with Gasteiger partial charge in [-0.25, -0.2) is 0 Å². The van der Waals surface area contributed by atoms with Crippen LogP contribution in [-0.2, 0) is 22.6 Å². The minimum Gasteiger partial charge on any atom is -0.484 e. The highest BCUT2D eigenvalue weighted by Crippen LogP contribution is 2.18. The van der Waals surface area contributed by atoms with Gasteiger partial charge in [0, 0.05) is 22.1 Å². The van der Waals surface area contributed by atoms with Crippen molar-refractivity contribution in [1.29, 1.82) is 0 Å². The third kappa shape index (κ3) is 8.17. The van der Waals surface area contributed by atoms with Crippen molar-refractivity contribution in [1.82, 2.24) is 10.2 Å². The van der Waals surface area contributed by atoms with E-state index in [-0.39, 0.29) is 18.4 Å². The Balaban J connectivity index is 1.89. The Morgan fingerprint density at radius 2 is 1.44 bits per heavy atom. The highest BCUT2D eigenvalue weighted by atomic mass is 127. The Morgan fingerprint density at radius 1 is 0.882 bits per heavy atom. The lowest BCUT2D eigenvalue weighted by Gasteiger charge is -2.33. The molecule has 0 saturated heterocycles. The first-order valence-corrected chi connectivity index (χ1v) is 12.4. The molecule has 6 heteroatoms. The molecule has 0 fully saturated rings. The summed E-state index contributed by atoms with van der Waals surface area (Å²) in [4.78, 5) is 28.6. The molecule has 1 atom stereocenters. The van der Waals surface area contributed by atoms with E-state index in [1.807, 2.05) is 106 Å². The SMILES string of the molecule is CC(C)(C)NC(=O)[C@@H](Cc1ccccc1)N(Cc1ccccc1)C(=O)COc1ccc(I)cc1. The fourth-order valence-corrected chi connectivity index (χ4v) is 3.91. The first-order chi connectivity index (χ1) is 16.2. The van der Waals surface area contributed by atoms with Crippen molar-refractivity contribution >= 4 is 34.4 Å².